The Morgan fingerprint density at radius 3 is 3.04 bits per heavy atom. The molecule has 3 heterocycles. The van der Waals surface area contributed by atoms with Gasteiger partial charge in [0.25, 0.3) is 0 Å². The second-order valence-corrected chi connectivity index (χ2v) is 6.38. The van der Waals surface area contributed by atoms with Crippen molar-refractivity contribution in [2.75, 3.05) is 11.9 Å². The Balaban J connectivity index is 1.65. The van der Waals surface area contributed by atoms with Gasteiger partial charge in [0.1, 0.15) is 5.65 Å². The van der Waals surface area contributed by atoms with Gasteiger partial charge in [0.2, 0.25) is 5.91 Å². The highest BCUT2D eigenvalue weighted by Crippen LogP contribution is 2.19. The normalized spacial score (nSPS) is 11.2. The van der Waals surface area contributed by atoms with E-state index in [9.17, 15) is 9.59 Å². The summed E-state index contributed by atoms with van der Waals surface area (Å²) in [5.41, 5.74) is 1.86. The quantitative estimate of drug-likeness (QED) is 0.516. The predicted molar refractivity (Wildman–Crippen MR) is 100 cm³/mol. The van der Waals surface area contributed by atoms with E-state index in [1.54, 1.807) is 22.8 Å². The van der Waals surface area contributed by atoms with Gasteiger partial charge in [0.15, 0.2) is 10.3 Å². The number of hydrogen-bond donors (Lipinski definition) is 1. The smallest absolute Gasteiger partial charge is 0.311 e. The van der Waals surface area contributed by atoms with Gasteiger partial charge in [0, 0.05) is 17.7 Å². The molecule has 3 aromatic heterocycles. The molecule has 3 aromatic rings. The number of nitrogens with zero attached hydrogens (tertiary/aromatic N) is 3. The Kier molecular flexibility index (Phi) is 5.65. The van der Waals surface area contributed by atoms with Crippen molar-refractivity contribution in [2.24, 2.45) is 0 Å². The molecule has 134 valence electrons. The van der Waals surface area contributed by atoms with Gasteiger partial charge in [-0.05, 0) is 25.1 Å². The number of amides is 1. The van der Waals surface area contributed by atoms with E-state index in [1.165, 1.54) is 17.4 Å². The summed E-state index contributed by atoms with van der Waals surface area (Å²) < 4.78 is 6.65. The maximum atomic E-state index is 12.1. The largest absolute Gasteiger partial charge is 0.466 e. The fraction of sp³-hybridized carbons (Fsp3) is 0.176. The Morgan fingerprint density at radius 1 is 1.38 bits per heavy atom. The number of halogens is 1. The first-order valence-corrected chi connectivity index (χ1v) is 9.04. The number of rotatable bonds is 6. The minimum Gasteiger partial charge on any atom is -0.466 e. The summed E-state index contributed by atoms with van der Waals surface area (Å²) in [6.45, 7) is 2.07. The van der Waals surface area contributed by atoms with E-state index in [0.29, 0.717) is 33.9 Å². The molecule has 0 saturated heterocycles. The lowest BCUT2D eigenvalue weighted by Crippen LogP contribution is -2.09. The van der Waals surface area contributed by atoms with E-state index in [1.807, 2.05) is 24.4 Å². The first-order chi connectivity index (χ1) is 12.6. The van der Waals surface area contributed by atoms with Gasteiger partial charge in [-0.2, -0.15) is 0 Å². The number of carbonyl (C=O) groups is 2. The highest BCUT2D eigenvalue weighted by atomic mass is 35.5. The van der Waals surface area contributed by atoms with Crippen LogP contribution in [-0.4, -0.2) is 32.9 Å². The summed E-state index contributed by atoms with van der Waals surface area (Å²) in [5.74, 6) is -0.707. The van der Waals surface area contributed by atoms with Crippen LogP contribution >= 0.6 is 22.9 Å². The Hall–Kier alpha value is -2.71. The van der Waals surface area contributed by atoms with Crippen LogP contribution < -0.4 is 5.32 Å². The standard InChI is InChI=1S/C17H15ClN4O3S/c1-2-25-15(24)9-11-10-26-17(19-11)21-14(23)7-6-12-16(18)20-13-5-3-4-8-22(12)13/h3-8,10H,2,9H2,1H3,(H,19,21,23)/b7-6+. The molecule has 0 aliphatic carbocycles. The van der Waals surface area contributed by atoms with E-state index >= 15 is 0 Å². The second kappa shape index (κ2) is 8.11. The zero-order chi connectivity index (χ0) is 18.5. The van der Waals surface area contributed by atoms with Gasteiger partial charge in [-0.25, -0.2) is 9.97 Å². The number of thiazole rings is 1. The maximum Gasteiger partial charge on any atom is 0.311 e. The third-order valence-corrected chi connectivity index (χ3v) is 4.41. The number of carbonyl (C=O) groups excluding carboxylic acids is 2. The molecule has 0 spiro atoms. The van der Waals surface area contributed by atoms with Gasteiger partial charge in [-0.1, -0.05) is 17.7 Å². The average Bonchev–Trinajstić information content (AvgIpc) is 3.16. The molecule has 0 radical (unpaired) electrons. The lowest BCUT2D eigenvalue weighted by atomic mass is 10.3. The van der Waals surface area contributed by atoms with Crippen molar-refractivity contribution in [3.05, 3.63) is 52.4 Å². The second-order valence-electron chi connectivity index (χ2n) is 5.17. The van der Waals surface area contributed by atoms with Crippen LogP contribution in [0.5, 0.6) is 0 Å². The van der Waals surface area contributed by atoms with Gasteiger partial charge < -0.3 is 4.74 Å². The highest BCUT2D eigenvalue weighted by Gasteiger charge is 2.10. The number of esters is 1. The lowest BCUT2D eigenvalue weighted by Gasteiger charge is -1.99. The van der Waals surface area contributed by atoms with E-state index in [-0.39, 0.29) is 18.3 Å². The predicted octanol–water partition coefficient (Wildman–Crippen LogP) is 3.20. The molecule has 0 aromatic carbocycles. The van der Waals surface area contributed by atoms with Crippen LogP contribution in [0, 0.1) is 0 Å². The minimum atomic E-state index is -0.357. The van der Waals surface area contributed by atoms with Crippen LogP contribution in [0.25, 0.3) is 11.7 Å². The van der Waals surface area contributed by atoms with E-state index < -0.39 is 0 Å². The molecule has 7 nitrogen and oxygen atoms in total. The first-order valence-electron chi connectivity index (χ1n) is 7.78. The minimum absolute atomic E-state index is 0.0769. The van der Waals surface area contributed by atoms with Crippen molar-refractivity contribution in [3.8, 4) is 0 Å². The molecule has 3 rings (SSSR count). The molecule has 0 fully saturated rings. The molecule has 0 aliphatic rings. The zero-order valence-corrected chi connectivity index (χ0v) is 15.4. The first kappa shape index (κ1) is 18.1. The van der Waals surface area contributed by atoms with Crippen LogP contribution in [0.2, 0.25) is 5.15 Å². The molecular formula is C17H15ClN4O3S. The summed E-state index contributed by atoms with van der Waals surface area (Å²) >= 11 is 7.36. The van der Waals surface area contributed by atoms with Gasteiger partial charge in [-0.15, -0.1) is 11.3 Å². The zero-order valence-electron chi connectivity index (χ0n) is 13.8. The number of hydrogen-bond acceptors (Lipinski definition) is 6. The summed E-state index contributed by atoms with van der Waals surface area (Å²) in [6, 6.07) is 5.53. The fourth-order valence-corrected chi connectivity index (χ4v) is 3.20. The van der Waals surface area contributed by atoms with Crippen molar-refractivity contribution in [3.63, 3.8) is 0 Å². The van der Waals surface area contributed by atoms with Crippen molar-refractivity contribution < 1.29 is 14.3 Å². The fourth-order valence-electron chi connectivity index (χ4n) is 2.24. The third-order valence-electron chi connectivity index (χ3n) is 3.33. The topological polar surface area (TPSA) is 85.6 Å². The molecule has 0 saturated carbocycles. The van der Waals surface area contributed by atoms with Crippen LogP contribution in [0.1, 0.15) is 18.3 Å². The van der Waals surface area contributed by atoms with E-state index in [4.69, 9.17) is 16.3 Å². The molecule has 1 amide bonds. The van der Waals surface area contributed by atoms with Crippen molar-refractivity contribution in [1.82, 2.24) is 14.4 Å². The molecular weight excluding hydrogens is 376 g/mol. The number of aromatic nitrogens is 3. The van der Waals surface area contributed by atoms with Crippen LogP contribution in [0.3, 0.4) is 0 Å². The van der Waals surface area contributed by atoms with Crippen LogP contribution in [0.15, 0.2) is 35.9 Å². The lowest BCUT2D eigenvalue weighted by molar-refractivity contribution is -0.142. The summed E-state index contributed by atoms with van der Waals surface area (Å²) in [4.78, 5) is 31.9. The monoisotopic (exact) mass is 390 g/mol. The number of pyridine rings is 1. The summed E-state index contributed by atoms with van der Waals surface area (Å²) in [7, 11) is 0. The van der Waals surface area contributed by atoms with Crippen LogP contribution in [-0.2, 0) is 20.7 Å². The van der Waals surface area contributed by atoms with E-state index in [2.05, 4.69) is 15.3 Å². The number of ether oxygens (including phenoxy) is 1. The average molecular weight is 391 g/mol. The van der Waals surface area contributed by atoms with Crippen molar-refractivity contribution >= 4 is 51.7 Å². The van der Waals surface area contributed by atoms with Crippen LogP contribution in [0.4, 0.5) is 5.13 Å². The van der Waals surface area contributed by atoms with Gasteiger partial charge >= 0.3 is 5.97 Å². The number of nitrogens with one attached hydrogen (secondary N) is 1. The maximum absolute atomic E-state index is 12.1. The molecule has 0 bridgehead atoms. The molecule has 0 aliphatic heterocycles. The van der Waals surface area contributed by atoms with Gasteiger partial charge in [0.05, 0.1) is 24.4 Å². The van der Waals surface area contributed by atoms with Crippen molar-refractivity contribution in [2.45, 2.75) is 13.3 Å². The number of fused-ring (bicyclic) bond motifs is 1. The molecule has 1 N–H and O–H groups in total. The van der Waals surface area contributed by atoms with Gasteiger partial charge in [-0.3, -0.25) is 19.3 Å². The molecule has 0 atom stereocenters. The third kappa shape index (κ3) is 4.27. The van der Waals surface area contributed by atoms with Crippen molar-refractivity contribution in [1.29, 1.82) is 0 Å². The van der Waals surface area contributed by atoms with E-state index in [0.717, 1.165) is 0 Å². The molecule has 9 heteroatoms. The molecule has 0 unspecified atom stereocenters. The Bertz CT molecular complexity index is 979. The SMILES string of the molecule is CCOC(=O)Cc1csc(NC(=O)/C=C/c2c(Cl)nc3ccccn23)n1. The Morgan fingerprint density at radius 2 is 2.23 bits per heavy atom. The molecule has 26 heavy (non-hydrogen) atoms. The summed E-state index contributed by atoms with van der Waals surface area (Å²) in [6.07, 6.45) is 4.83. The number of anilines is 1. The Labute approximate surface area is 158 Å². The highest BCUT2D eigenvalue weighted by molar-refractivity contribution is 7.14. The number of imidazole rings is 1. The summed E-state index contributed by atoms with van der Waals surface area (Å²) in [5, 5.41) is 5.08.